The van der Waals surface area contributed by atoms with Gasteiger partial charge in [0.15, 0.2) is 0 Å². The van der Waals surface area contributed by atoms with Crippen LogP contribution in [0, 0.1) is 0 Å². The molecule has 0 aromatic rings. The molecule has 0 aromatic heterocycles. The van der Waals surface area contributed by atoms with E-state index in [-0.39, 0.29) is 6.10 Å². The summed E-state index contributed by atoms with van der Waals surface area (Å²) < 4.78 is 12.1. The summed E-state index contributed by atoms with van der Waals surface area (Å²) in [7, 11) is 0. The molecule has 1 saturated carbocycles. The Morgan fingerprint density at radius 1 is 1.18 bits per heavy atom. The third-order valence-corrected chi connectivity index (χ3v) is 3.77. The lowest BCUT2D eigenvalue weighted by Gasteiger charge is -2.33. The summed E-state index contributed by atoms with van der Waals surface area (Å²) >= 11 is 0. The number of ether oxygens (including phenoxy) is 2. The molecule has 0 amide bonds. The van der Waals surface area contributed by atoms with Gasteiger partial charge >= 0.3 is 0 Å². The summed E-state index contributed by atoms with van der Waals surface area (Å²) in [6.07, 6.45) is 5.18. The van der Waals surface area contributed by atoms with E-state index in [1.54, 1.807) is 0 Å². The molecule has 100 valence electrons. The van der Waals surface area contributed by atoms with Gasteiger partial charge in [0.05, 0.1) is 30.5 Å². The molecule has 3 heteroatoms. The van der Waals surface area contributed by atoms with Crippen molar-refractivity contribution in [2.75, 3.05) is 13.1 Å². The van der Waals surface area contributed by atoms with Gasteiger partial charge in [0.25, 0.3) is 0 Å². The lowest BCUT2D eigenvalue weighted by molar-refractivity contribution is -0.0712. The average molecular weight is 241 g/mol. The molecule has 0 N–H and O–H groups in total. The topological polar surface area (TPSA) is 21.7 Å². The quantitative estimate of drug-likeness (QED) is 0.713. The molecule has 1 aliphatic heterocycles. The average Bonchev–Trinajstić information content (AvgIpc) is 2.95. The first-order chi connectivity index (χ1) is 8.11. The van der Waals surface area contributed by atoms with Crippen LogP contribution in [-0.4, -0.2) is 48.4 Å². The van der Waals surface area contributed by atoms with Crippen molar-refractivity contribution in [3.8, 4) is 0 Å². The van der Waals surface area contributed by atoms with Crippen molar-refractivity contribution in [3.05, 3.63) is 0 Å². The van der Waals surface area contributed by atoms with E-state index in [9.17, 15) is 0 Å². The van der Waals surface area contributed by atoms with E-state index < -0.39 is 0 Å². The van der Waals surface area contributed by atoms with Crippen LogP contribution in [0.5, 0.6) is 0 Å². The Morgan fingerprint density at radius 2 is 1.88 bits per heavy atom. The highest BCUT2D eigenvalue weighted by Crippen LogP contribution is 2.32. The Bertz CT molecular complexity index is 240. The minimum Gasteiger partial charge on any atom is -0.374 e. The predicted molar refractivity (Wildman–Crippen MR) is 69.2 cm³/mol. The van der Waals surface area contributed by atoms with Crippen molar-refractivity contribution in [2.45, 2.75) is 77.4 Å². The first-order valence-corrected chi connectivity index (χ1v) is 7.16. The van der Waals surface area contributed by atoms with Crippen LogP contribution in [0.1, 0.15) is 47.0 Å². The number of hydrogen-bond acceptors (Lipinski definition) is 3. The van der Waals surface area contributed by atoms with Crippen LogP contribution < -0.4 is 0 Å². The standard InChI is InChI=1S/C14H27NO2/c1-5-15-9-8-13(17-12-6-7-12)14(15)11(4)16-10(2)3/h10-14H,5-9H2,1-4H3/t11-,13-,14+/m0/s1. The van der Waals surface area contributed by atoms with E-state index in [0.29, 0.717) is 24.4 Å². The fraction of sp³-hybridized carbons (Fsp3) is 1.00. The van der Waals surface area contributed by atoms with Crippen molar-refractivity contribution in [1.82, 2.24) is 4.90 Å². The Labute approximate surface area is 105 Å². The second-order valence-corrected chi connectivity index (χ2v) is 5.67. The van der Waals surface area contributed by atoms with Crippen LogP contribution in [0.3, 0.4) is 0 Å². The SMILES string of the molecule is CCN1CC[C@H](OC2CC2)[C@H]1[C@H](C)OC(C)C. The van der Waals surface area contributed by atoms with Crippen molar-refractivity contribution >= 4 is 0 Å². The summed E-state index contributed by atoms with van der Waals surface area (Å²) in [4.78, 5) is 2.51. The van der Waals surface area contributed by atoms with Crippen molar-refractivity contribution in [2.24, 2.45) is 0 Å². The molecule has 3 atom stereocenters. The Morgan fingerprint density at radius 3 is 2.41 bits per heavy atom. The van der Waals surface area contributed by atoms with Gasteiger partial charge in [0.2, 0.25) is 0 Å². The summed E-state index contributed by atoms with van der Waals surface area (Å²) in [6, 6.07) is 0.447. The number of likely N-dealkylation sites (N-methyl/N-ethyl adjacent to an activating group) is 1. The normalized spacial score (nSPS) is 32.3. The van der Waals surface area contributed by atoms with E-state index in [1.165, 1.54) is 19.3 Å². The van der Waals surface area contributed by atoms with Gasteiger partial charge in [-0.2, -0.15) is 0 Å². The molecule has 3 nitrogen and oxygen atoms in total. The van der Waals surface area contributed by atoms with Gasteiger partial charge in [0, 0.05) is 6.54 Å². The largest absolute Gasteiger partial charge is 0.374 e. The molecule has 2 rings (SSSR count). The van der Waals surface area contributed by atoms with Gasteiger partial charge in [-0.1, -0.05) is 6.92 Å². The Balaban J connectivity index is 1.95. The highest BCUT2D eigenvalue weighted by Gasteiger charge is 2.41. The lowest BCUT2D eigenvalue weighted by atomic mass is 10.1. The predicted octanol–water partition coefficient (Wildman–Crippen LogP) is 2.44. The first-order valence-electron chi connectivity index (χ1n) is 7.16. The molecule has 0 radical (unpaired) electrons. The van der Waals surface area contributed by atoms with E-state index in [2.05, 4.69) is 32.6 Å². The Kier molecular flexibility index (Phi) is 4.45. The van der Waals surface area contributed by atoms with Crippen LogP contribution in [0.4, 0.5) is 0 Å². The van der Waals surface area contributed by atoms with Crippen LogP contribution in [0.15, 0.2) is 0 Å². The maximum atomic E-state index is 6.15. The van der Waals surface area contributed by atoms with Gasteiger partial charge in [-0.3, -0.25) is 4.90 Å². The molecule has 17 heavy (non-hydrogen) atoms. The molecular weight excluding hydrogens is 214 g/mol. The minimum absolute atomic E-state index is 0.265. The third-order valence-electron chi connectivity index (χ3n) is 3.77. The van der Waals surface area contributed by atoms with Crippen LogP contribution in [0.2, 0.25) is 0 Å². The van der Waals surface area contributed by atoms with Crippen LogP contribution in [0.25, 0.3) is 0 Å². The number of nitrogens with zero attached hydrogens (tertiary/aromatic N) is 1. The third kappa shape index (κ3) is 3.43. The number of rotatable bonds is 6. The second kappa shape index (κ2) is 5.68. The van der Waals surface area contributed by atoms with Crippen LogP contribution in [-0.2, 0) is 9.47 Å². The molecule has 0 spiro atoms. The molecule has 1 saturated heterocycles. The number of hydrogen-bond donors (Lipinski definition) is 0. The highest BCUT2D eigenvalue weighted by molar-refractivity contribution is 4.93. The highest BCUT2D eigenvalue weighted by atomic mass is 16.5. The van der Waals surface area contributed by atoms with Gasteiger partial charge in [-0.15, -0.1) is 0 Å². The summed E-state index contributed by atoms with van der Waals surface area (Å²) in [5.41, 5.74) is 0. The number of likely N-dealkylation sites (tertiary alicyclic amines) is 1. The lowest BCUT2D eigenvalue weighted by Crippen LogP contribution is -2.46. The van der Waals surface area contributed by atoms with Gasteiger partial charge < -0.3 is 9.47 Å². The molecular formula is C14H27NO2. The maximum Gasteiger partial charge on any atom is 0.0771 e. The zero-order valence-corrected chi connectivity index (χ0v) is 11.7. The molecule has 2 fully saturated rings. The molecule has 0 bridgehead atoms. The molecule has 1 aliphatic carbocycles. The summed E-state index contributed by atoms with van der Waals surface area (Å²) in [6.45, 7) is 10.9. The van der Waals surface area contributed by atoms with Crippen molar-refractivity contribution in [3.63, 3.8) is 0 Å². The second-order valence-electron chi connectivity index (χ2n) is 5.67. The summed E-state index contributed by atoms with van der Waals surface area (Å²) in [5.74, 6) is 0. The monoisotopic (exact) mass is 241 g/mol. The maximum absolute atomic E-state index is 6.15. The fourth-order valence-corrected chi connectivity index (χ4v) is 2.93. The molecule has 0 unspecified atom stereocenters. The van der Waals surface area contributed by atoms with E-state index in [1.807, 2.05) is 0 Å². The Hall–Kier alpha value is -0.120. The molecule has 2 aliphatic rings. The molecule has 1 heterocycles. The molecule has 0 aromatic carbocycles. The van der Waals surface area contributed by atoms with E-state index >= 15 is 0 Å². The summed E-state index contributed by atoms with van der Waals surface area (Å²) in [5, 5.41) is 0. The zero-order chi connectivity index (χ0) is 12.4. The van der Waals surface area contributed by atoms with Crippen molar-refractivity contribution in [1.29, 1.82) is 0 Å². The van der Waals surface area contributed by atoms with Gasteiger partial charge in [0.1, 0.15) is 0 Å². The zero-order valence-electron chi connectivity index (χ0n) is 11.7. The smallest absolute Gasteiger partial charge is 0.0771 e. The van der Waals surface area contributed by atoms with E-state index in [4.69, 9.17) is 9.47 Å². The van der Waals surface area contributed by atoms with Gasteiger partial charge in [-0.25, -0.2) is 0 Å². The van der Waals surface area contributed by atoms with Crippen LogP contribution >= 0.6 is 0 Å². The van der Waals surface area contributed by atoms with E-state index in [0.717, 1.165) is 13.1 Å². The van der Waals surface area contributed by atoms with Crippen molar-refractivity contribution < 1.29 is 9.47 Å². The minimum atomic E-state index is 0.265. The first kappa shape index (κ1) is 13.3. The van der Waals surface area contributed by atoms with Gasteiger partial charge in [-0.05, 0) is 46.6 Å². The fourth-order valence-electron chi connectivity index (χ4n) is 2.93.